The second kappa shape index (κ2) is 15.4. The fourth-order valence-electron chi connectivity index (χ4n) is 4.10. The number of ether oxygens (including phenoxy) is 1. The van der Waals surface area contributed by atoms with Crippen molar-refractivity contribution < 1.29 is 23.8 Å². The summed E-state index contributed by atoms with van der Waals surface area (Å²) in [6.07, 6.45) is 10.7. The highest BCUT2D eigenvalue weighted by molar-refractivity contribution is 7.12. The minimum absolute atomic E-state index is 0.00174. The SMILES string of the molecule is CCCCCCc1ccc(CC(C)C(C)C(=O)c2c(O)cc(C(C)CC/C=C/NC(=O)OC)oc2=O)s1. The van der Waals surface area contributed by atoms with Crippen LogP contribution in [-0.4, -0.2) is 24.1 Å². The number of thiophene rings is 1. The Morgan fingerprint density at radius 2 is 1.89 bits per heavy atom. The minimum atomic E-state index is -0.806. The number of unbranched alkanes of at least 4 members (excludes halogenated alkanes) is 3. The third-order valence-corrected chi connectivity index (χ3v) is 7.90. The standard InChI is InChI=1S/C29H41NO6S/c1-6-7-8-9-13-22-14-15-23(37-22)17-20(3)21(4)27(32)26-24(31)18-25(36-28(26)33)19(2)12-10-11-16-30-29(34)35-5/h11,14-16,18-21,31H,6-10,12-13,17H2,1-5H3,(H,30,34)/b16-11+. The van der Waals surface area contributed by atoms with E-state index in [1.807, 2.05) is 13.8 Å². The average Bonchev–Trinajstić information content (AvgIpc) is 3.31. The first-order valence-electron chi connectivity index (χ1n) is 13.2. The third-order valence-electron chi connectivity index (χ3n) is 6.74. The maximum atomic E-state index is 13.2. The molecule has 3 unspecified atom stereocenters. The fourth-order valence-corrected chi connectivity index (χ4v) is 5.30. The van der Waals surface area contributed by atoms with Crippen LogP contribution in [0.2, 0.25) is 0 Å². The molecule has 0 aliphatic heterocycles. The Kier molecular flexibility index (Phi) is 12.6. The fraction of sp³-hybridized carbons (Fsp3) is 0.552. The number of nitrogens with one attached hydrogen (secondary N) is 1. The van der Waals surface area contributed by atoms with Crippen LogP contribution in [-0.2, 0) is 17.6 Å². The van der Waals surface area contributed by atoms with Crippen LogP contribution in [0.4, 0.5) is 4.79 Å². The van der Waals surface area contributed by atoms with Gasteiger partial charge in [-0.25, -0.2) is 9.59 Å². The lowest BCUT2D eigenvalue weighted by Gasteiger charge is -2.18. The molecule has 0 saturated heterocycles. The number of alkyl carbamates (subject to hydrolysis) is 1. The lowest BCUT2D eigenvalue weighted by atomic mass is 9.86. The lowest BCUT2D eigenvalue weighted by Crippen LogP contribution is -2.26. The summed E-state index contributed by atoms with van der Waals surface area (Å²) in [5.41, 5.74) is -1.08. The van der Waals surface area contributed by atoms with E-state index in [1.54, 1.807) is 24.3 Å². The summed E-state index contributed by atoms with van der Waals surface area (Å²) >= 11 is 1.79. The molecule has 8 heteroatoms. The molecule has 0 saturated carbocycles. The van der Waals surface area contributed by atoms with E-state index < -0.39 is 23.4 Å². The van der Waals surface area contributed by atoms with Gasteiger partial charge in [-0.05, 0) is 50.2 Å². The zero-order valence-corrected chi connectivity index (χ0v) is 23.5. The first-order chi connectivity index (χ1) is 17.7. The number of ketones is 1. The molecule has 0 aliphatic carbocycles. The van der Waals surface area contributed by atoms with Crippen LogP contribution in [0.3, 0.4) is 0 Å². The van der Waals surface area contributed by atoms with Crippen LogP contribution in [0.25, 0.3) is 0 Å². The van der Waals surface area contributed by atoms with Crippen LogP contribution in [0.5, 0.6) is 5.75 Å². The van der Waals surface area contributed by atoms with Gasteiger partial charge in [0, 0.05) is 33.9 Å². The molecule has 0 spiro atoms. The average molecular weight is 532 g/mol. The predicted octanol–water partition coefficient (Wildman–Crippen LogP) is 6.98. The summed E-state index contributed by atoms with van der Waals surface area (Å²) in [5, 5.41) is 13.0. The summed E-state index contributed by atoms with van der Waals surface area (Å²) in [6, 6.07) is 5.68. The summed E-state index contributed by atoms with van der Waals surface area (Å²) in [7, 11) is 1.28. The molecular formula is C29H41NO6S. The van der Waals surface area contributed by atoms with Crippen molar-refractivity contribution in [3.05, 3.63) is 62.0 Å². The number of methoxy groups -OCH3 is 1. The molecule has 2 heterocycles. The summed E-state index contributed by atoms with van der Waals surface area (Å²) in [5.74, 6) is -1.03. The quantitative estimate of drug-likeness (QED) is 0.190. The maximum Gasteiger partial charge on any atom is 0.410 e. The van der Waals surface area contributed by atoms with E-state index in [-0.39, 0.29) is 23.1 Å². The molecule has 7 nitrogen and oxygen atoms in total. The van der Waals surface area contributed by atoms with Gasteiger partial charge in [0.05, 0.1) is 7.11 Å². The smallest absolute Gasteiger partial charge is 0.410 e. The van der Waals surface area contributed by atoms with Gasteiger partial charge in [-0.15, -0.1) is 11.3 Å². The Labute approximate surface area is 223 Å². The molecule has 0 aliphatic rings. The van der Waals surface area contributed by atoms with E-state index in [0.29, 0.717) is 18.6 Å². The summed E-state index contributed by atoms with van der Waals surface area (Å²) in [4.78, 5) is 39.5. The van der Waals surface area contributed by atoms with Gasteiger partial charge < -0.3 is 14.3 Å². The first kappa shape index (κ1) is 30.4. The molecule has 0 radical (unpaired) electrons. The Morgan fingerprint density at radius 1 is 1.16 bits per heavy atom. The van der Waals surface area contributed by atoms with Crippen molar-refractivity contribution in [2.75, 3.05) is 7.11 Å². The van der Waals surface area contributed by atoms with Crippen LogP contribution in [0.15, 0.2) is 39.7 Å². The Bertz CT molecular complexity index is 1100. The first-order valence-corrected chi connectivity index (χ1v) is 14.0. The van der Waals surface area contributed by atoms with Crippen molar-refractivity contribution in [2.45, 2.75) is 85.0 Å². The highest BCUT2D eigenvalue weighted by atomic mass is 32.1. The van der Waals surface area contributed by atoms with E-state index in [4.69, 9.17) is 4.42 Å². The van der Waals surface area contributed by atoms with Crippen LogP contribution >= 0.6 is 11.3 Å². The molecule has 3 atom stereocenters. The Morgan fingerprint density at radius 3 is 2.57 bits per heavy atom. The van der Waals surface area contributed by atoms with Crippen molar-refractivity contribution in [1.29, 1.82) is 0 Å². The van der Waals surface area contributed by atoms with Gasteiger partial charge in [-0.3, -0.25) is 10.1 Å². The van der Waals surface area contributed by atoms with E-state index in [1.165, 1.54) is 54.8 Å². The number of aryl methyl sites for hydroxylation is 1. The van der Waals surface area contributed by atoms with Gasteiger partial charge in [0.15, 0.2) is 5.78 Å². The zero-order chi connectivity index (χ0) is 27.4. The van der Waals surface area contributed by atoms with Gasteiger partial charge in [0.1, 0.15) is 17.1 Å². The van der Waals surface area contributed by atoms with Crippen molar-refractivity contribution >= 4 is 23.2 Å². The van der Waals surface area contributed by atoms with Crippen molar-refractivity contribution in [2.24, 2.45) is 11.8 Å². The Hall–Kier alpha value is -2.87. The number of hydrogen-bond acceptors (Lipinski definition) is 7. The second-order valence-electron chi connectivity index (χ2n) is 9.73. The second-order valence-corrected chi connectivity index (χ2v) is 11.0. The molecule has 1 amide bonds. The third kappa shape index (κ3) is 9.50. The number of carbonyl (C=O) groups excluding carboxylic acids is 2. The molecule has 0 aromatic carbocycles. The molecule has 2 N–H and O–H groups in total. The molecular weight excluding hydrogens is 490 g/mol. The molecule has 2 aromatic rings. The minimum Gasteiger partial charge on any atom is -0.507 e. The summed E-state index contributed by atoms with van der Waals surface area (Å²) in [6.45, 7) is 7.88. The van der Waals surface area contributed by atoms with Gasteiger partial charge in [-0.2, -0.15) is 0 Å². The van der Waals surface area contributed by atoms with Gasteiger partial charge in [-0.1, -0.05) is 53.0 Å². The van der Waals surface area contributed by atoms with E-state index >= 15 is 0 Å². The predicted molar refractivity (Wildman–Crippen MR) is 147 cm³/mol. The highest BCUT2D eigenvalue weighted by Crippen LogP contribution is 2.29. The van der Waals surface area contributed by atoms with E-state index in [9.17, 15) is 19.5 Å². The van der Waals surface area contributed by atoms with Crippen LogP contribution in [0.1, 0.15) is 98.0 Å². The number of rotatable bonds is 15. The van der Waals surface area contributed by atoms with Crippen LogP contribution in [0, 0.1) is 11.8 Å². The number of carbonyl (C=O) groups is 2. The van der Waals surface area contributed by atoms with Gasteiger partial charge >= 0.3 is 11.7 Å². The number of hydrogen-bond donors (Lipinski definition) is 2. The van der Waals surface area contributed by atoms with Crippen molar-refractivity contribution in [3.8, 4) is 5.75 Å². The normalized spacial score (nSPS) is 13.9. The number of aromatic hydroxyl groups is 1. The Balaban J connectivity index is 1.98. The van der Waals surface area contributed by atoms with E-state index in [0.717, 1.165) is 12.8 Å². The largest absolute Gasteiger partial charge is 0.507 e. The van der Waals surface area contributed by atoms with Crippen molar-refractivity contribution in [3.63, 3.8) is 0 Å². The van der Waals surface area contributed by atoms with E-state index in [2.05, 4.69) is 29.1 Å². The molecule has 2 rings (SSSR count). The highest BCUT2D eigenvalue weighted by Gasteiger charge is 2.28. The molecule has 204 valence electrons. The monoisotopic (exact) mass is 531 g/mol. The molecule has 0 fully saturated rings. The molecule has 2 aromatic heterocycles. The van der Waals surface area contributed by atoms with Gasteiger partial charge in [0.25, 0.3) is 0 Å². The zero-order valence-electron chi connectivity index (χ0n) is 22.7. The maximum absolute atomic E-state index is 13.2. The van der Waals surface area contributed by atoms with Crippen molar-refractivity contribution in [1.82, 2.24) is 5.32 Å². The lowest BCUT2D eigenvalue weighted by molar-refractivity contribution is 0.0885. The number of Topliss-reactive ketones (excluding diaryl/α,β-unsaturated/α-hetero) is 1. The summed E-state index contributed by atoms with van der Waals surface area (Å²) < 4.78 is 9.92. The topological polar surface area (TPSA) is 106 Å². The number of amides is 1. The number of allylic oxidation sites excluding steroid dienone is 1. The van der Waals surface area contributed by atoms with Crippen LogP contribution < -0.4 is 10.9 Å². The van der Waals surface area contributed by atoms with Gasteiger partial charge in [0.2, 0.25) is 0 Å². The molecule has 37 heavy (non-hydrogen) atoms. The molecule has 0 bridgehead atoms.